The first-order valence-corrected chi connectivity index (χ1v) is 19.4. The molecule has 0 unspecified atom stereocenters. The van der Waals surface area contributed by atoms with Crippen LogP contribution in [-0.2, 0) is 52.9 Å². The summed E-state index contributed by atoms with van der Waals surface area (Å²) in [4.78, 5) is 0. The average Bonchev–Trinajstić information content (AvgIpc) is 3.69. The van der Waals surface area contributed by atoms with Gasteiger partial charge in [-0.3, -0.25) is 0 Å². The van der Waals surface area contributed by atoms with Crippen molar-refractivity contribution in [2.45, 2.75) is 137 Å². The second-order valence-electron chi connectivity index (χ2n) is 19.5. The van der Waals surface area contributed by atoms with E-state index in [-0.39, 0.29) is 67.8 Å². The Morgan fingerprint density at radius 1 is 0.426 bits per heavy atom. The van der Waals surface area contributed by atoms with E-state index < -0.39 is 0 Å². The molecule has 0 aliphatic carbocycles. The molecule has 0 fully saturated rings. The summed E-state index contributed by atoms with van der Waals surface area (Å²) < 4.78 is 0. The fourth-order valence-corrected chi connectivity index (χ4v) is 8.06. The van der Waals surface area contributed by atoms with Crippen molar-refractivity contribution in [2.75, 3.05) is 0 Å². The van der Waals surface area contributed by atoms with Gasteiger partial charge in [-0.2, -0.15) is 12.1 Å². The standard InChI is InChI=1S/C51H62.2CH3.Hf/c1-15-51(16-2,41-23-33-19-17-21-43(45(33)31-41)35-25-37(47(3,4)5)29-38(26-35)48(6,7)8)42-24-34-20-18-22-44(46(34)32-42)36-27-39(49(9,10)11)30-40(28-36)50(12,13)14;;;/h17-32H,15-16H2,1-14H3;2*1H3;/q-2;2*-1;+4. The quantitative estimate of drug-likeness (QED) is 0.115. The van der Waals surface area contributed by atoms with Gasteiger partial charge in [-0.1, -0.05) is 157 Å². The molecular weight excluding hydrogens is 815 g/mol. The van der Waals surface area contributed by atoms with Crippen LogP contribution in [0.5, 0.6) is 0 Å². The Balaban J connectivity index is 0.00000261. The minimum absolute atomic E-state index is 0. The Hall–Kier alpha value is -3.03. The van der Waals surface area contributed by atoms with Crippen molar-refractivity contribution < 1.29 is 25.8 Å². The zero-order valence-electron chi connectivity index (χ0n) is 36.7. The molecule has 0 atom stereocenters. The van der Waals surface area contributed by atoms with Gasteiger partial charge in [-0.15, -0.1) is 69.1 Å². The molecule has 6 aromatic carbocycles. The van der Waals surface area contributed by atoms with E-state index in [2.05, 4.69) is 194 Å². The largest absolute Gasteiger partial charge is 4.00 e. The van der Waals surface area contributed by atoms with Gasteiger partial charge in [0.1, 0.15) is 0 Å². The van der Waals surface area contributed by atoms with Gasteiger partial charge < -0.3 is 14.9 Å². The van der Waals surface area contributed by atoms with Crippen LogP contribution in [0, 0.1) is 14.9 Å². The molecule has 0 aromatic heterocycles. The molecule has 6 aromatic rings. The molecule has 284 valence electrons. The number of hydrogen-bond acceptors (Lipinski definition) is 0. The summed E-state index contributed by atoms with van der Waals surface area (Å²) in [7, 11) is 0. The molecule has 0 bridgehead atoms. The zero-order chi connectivity index (χ0) is 37.3. The molecule has 0 aliphatic rings. The Morgan fingerprint density at radius 3 is 0.981 bits per heavy atom. The van der Waals surface area contributed by atoms with Crippen LogP contribution in [0.4, 0.5) is 0 Å². The van der Waals surface area contributed by atoms with E-state index in [1.54, 1.807) is 0 Å². The van der Waals surface area contributed by atoms with Crippen molar-refractivity contribution in [3.63, 3.8) is 0 Å². The molecule has 0 nitrogen and oxygen atoms in total. The van der Waals surface area contributed by atoms with Crippen molar-refractivity contribution in [1.82, 2.24) is 0 Å². The predicted molar refractivity (Wildman–Crippen MR) is 239 cm³/mol. The first kappa shape index (κ1) is 45.4. The van der Waals surface area contributed by atoms with Crippen molar-refractivity contribution in [3.8, 4) is 22.3 Å². The molecule has 0 saturated carbocycles. The van der Waals surface area contributed by atoms with Crippen LogP contribution in [0.1, 0.15) is 143 Å². The molecule has 0 heterocycles. The minimum atomic E-state index is -0.0831. The first-order valence-electron chi connectivity index (χ1n) is 19.4. The van der Waals surface area contributed by atoms with Gasteiger partial charge in [0.25, 0.3) is 0 Å². The van der Waals surface area contributed by atoms with Crippen LogP contribution in [0.15, 0.2) is 97.1 Å². The Labute approximate surface area is 349 Å². The predicted octanol–water partition coefficient (Wildman–Crippen LogP) is 16.0. The molecule has 6 rings (SSSR count). The maximum Gasteiger partial charge on any atom is 4.00 e. The first-order chi connectivity index (χ1) is 23.7. The molecule has 0 radical (unpaired) electrons. The van der Waals surface area contributed by atoms with E-state index in [4.69, 9.17) is 0 Å². The Kier molecular flexibility index (Phi) is 13.3. The van der Waals surface area contributed by atoms with Gasteiger partial charge in [-0.05, 0) is 73.3 Å². The van der Waals surface area contributed by atoms with Crippen molar-refractivity contribution in [1.29, 1.82) is 0 Å². The molecule has 0 aliphatic heterocycles. The Morgan fingerprint density at radius 2 is 0.722 bits per heavy atom. The van der Waals surface area contributed by atoms with E-state index in [1.165, 1.54) is 77.2 Å². The monoisotopic (exact) mass is 884 g/mol. The maximum atomic E-state index is 2.53. The molecule has 0 saturated heterocycles. The van der Waals surface area contributed by atoms with Crippen LogP contribution < -0.4 is 0 Å². The van der Waals surface area contributed by atoms with Gasteiger partial charge in [0, 0.05) is 0 Å². The molecule has 0 spiro atoms. The van der Waals surface area contributed by atoms with Crippen LogP contribution in [0.2, 0.25) is 0 Å². The van der Waals surface area contributed by atoms with Gasteiger partial charge in [0.05, 0.1) is 0 Å². The van der Waals surface area contributed by atoms with Crippen LogP contribution in [0.25, 0.3) is 43.8 Å². The number of hydrogen-bond donors (Lipinski definition) is 0. The fraction of sp³-hybridized carbons (Fsp3) is 0.396. The van der Waals surface area contributed by atoms with Crippen LogP contribution in [-0.4, -0.2) is 0 Å². The summed E-state index contributed by atoms with van der Waals surface area (Å²) in [5, 5.41) is 5.38. The van der Waals surface area contributed by atoms with E-state index in [0.717, 1.165) is 12.8 Å². The van der Waals surface area contributed by atoms with Gasteiger partial charge in [0.15, 0.2) is 0 Å². The molecule has 0 N–H and O–H groups in total. The normalized spacial score (nSPS) is 12.7. The zero-order valence-corrected chi connectivity index (χ0v) is 40.2. The maximum absolute atomic E-state index is 2.53. The third-order valence-corrected chi connectivity index (χ3v) is 11.8. The van der Waals surface area contributed by atoms with E-state index in [0.29, 0.717) is 0 Å². The summed E-state index contributed by atoms with van der Waals surface area (Å²) in [5.74, 6) is 0. The molecule has 1 heteroatoms. The molecule has 54 heavy (non-hydrogen) atoms. The van der Waals surface area contributed by atoms with E-state index in [9.17, 15) is 0 Å². The topological polar surface area (TPSA) is 0 Å². The number of fused-ring (bicyclic) bond motifs is 2. The summed E-state index contributed by atoms with van der Waals surface area (Å²) in [6.07, 6.45) is 2.09. The summed E-state index contributed by atoms with van der Waals surface area (Å²) in [6, 6.07) is 38.4. The summed E-state index contributed by atoms with van der Waals surface area (Å²) in [5.41, 5.74) is 14.0. The van der Waals surface area contributed by atoms with Crippen LogP contribution >= 0.6 is 0 Å². The summed E-state index contributed by atoms with van der Waals surface area (Å²) in [6.45, 7) is 32.7. The van der Waals surface area contributed by atoms with Gasteiger partial charge in [-0.25, -0.2) is 0 Å². The second-order valence-corrected chi connectivity index (χ2v) is 19.5. The third kappa shape index (κ3) is 8.53. The Bertz CT molecular complexity index is 1980. The van der Waals surface area contributed by atoms with Crippen molar-refractivity contribution in [3.05, 3.63) is 145 Å². The third-order valence-electron chi connectivity index (χ3n) is 11.8. The summed E-state index contributed by atoms with van der Waals surface area (Å²) >= 11 is 0. The fourth-order valence-electron chi connectivity index (χ4n) is 8.06. The van der Waals surface area contributed by atoms with Crippen molar-refractivity contribution in [2.24, 2.45) is 0 Å². The number of benzene rings is 4. The van der Waals surface area contributed by atoms with Crippen LogP contribution in [0.3, 0.4) is 0 Å². The van der Waals surface area contributed by atoms with E-state index >= 15 is 0 Å². The number of rotatable bonds is 6. The second kappa shape index (κ2) is 15.8. The van der Waals surface area contributed by atoms with Gasteiger partial charge >= 0.3 is 25.8 Å². The minimum Gasteiger partial charge on any atom is -0.358 e. The van der Waals surface area contributed by atoms with Crippen molar-refractivity contribution >= 4 is 21.5 Å². The van der Waals surface area contributed by atoms with Gasteiger partial charge in [0.2, 0.25) is 0 Å². The SMILES string of the molecule is CCC(CC)(c1cc2c(-c3cc(C(C)(C)C)cc(C(C)(C)C)c3)cccc2[cH-]1)c1cc2c(-c3cc(C(C)(C)C)cc(C(C)(C)C)c3)cccc2[cH-]1.[CH3-].[CH3-].[Hf+4]. The van der Waals surface area contributed by atoms with E-state index in [1.807, 2.05) is 0 Å². The molecule has 0 amide bonds. The molecular formula is C53H68Hf. The smallest absolute Gasteiger partial charge is 0.358 e. The average molecular weight is 884 g/mol.